The highest BCUT2D eigenvalue weighted by Crippen LogP contribution is 2.20. The number of aromatic amines is 1. The van der Waals surface area contributed by atoms with Crippen LogP contribution in [0.25, 0.3) is 11.0 Å². The van der Waals surface area contributed by atoms with Gasteiger partial charge in [-0.2, -0.15) is 4.72 Å². The number of carbonyl (C=O) groups is 1. The molecule has 3 N–H and O–H groups in total. The standard InChI is InChI=1S/C11H13N3O4S/c1-2-8(11(15)16)14-19(17,18)9-6-13-10-7(9)4-3-5-12-10/h3-6,8,14H,2H2,1H3,(H,12,13)(H,15,16)/t8-/m0/s1. The monoisotopic (exact) mass is 283 g/mol. The average Bonchev–Trinajstić information content (AvgIpc) is 2.80. The predicted octanol–water partition coefficient (Wildman–Crippen LogP) is 0.704. The minimum atomic E-state index is -3.90. The number of sulfonamides is 1. The molecule has 0 aliphatic rings. The smallest absolute Gasteiger partial charge is 0.321 e. The van der Waals surface area contributed by atoms with Crippen molar-refractivity contribution in [3.05, 3.63) is 24.5 Å². The zero-order valence-electron chi connectivity index (χ0n) is 10.1. The van der Waals surface area contributed by atoms with Crippen molar-refractivity contribution in [2.45, 2.75) is 24.3 Å². The summed E-state index contributed by atoms with van der Waals surface area (Å²) in [4.78, 5) is 17.6. The predicted molar refractivity (Wildman–Crippen MR) is 68.1 cm³/mol. The van der Waals surface area contributed by atoms with Gasteiger partial charge in [0.05, 0.1) is 0 Å². The van der Waals surface area contributed by atoms with E-state index in [0.717, 1.165) is 0 Å². The van der Waals surface area contributed by atoms with Crippen molar-refractivity contribution in [2.24, 2.45) is 0 Å². The first-order chi connectivity index (χ1) is 8.95. The molecule has 0 unspecified atom stereocenters. The Morgan fingerprint density at radius 3 is 2.95 bits per heavy atom. The van der Waals surface area contributed by atoms with Crippen LogP contribution in [0.4, 0.5) is 0 Å². The van der Waals surface area contributed by atoms with Crippen LogP contribution in [-0.4, -0.2) is 35.5 Å². The summed E-state index contributed by atoms with van der Waals surface area (Å²) in [6.07, 6.45) is 3.00. The van der Waals surface area contributed by atoms with Gasteiger partial charge in [0.15, 0.2) is 0 Å². The van der Waals surface area contributed by atoms with Crippen LogP contribution in [-0.2, 0) is 14.8 Å². The van der Waals surface area contributed by atoms with Gasteiger partial charge in [0.2, 0.25) is 10.0 Å². The molecule has 7 nitrogen and oxygen atoms in total. The fourth-order valence-electron chi connectivity index (χ4n) is 1.71. The Morgan fingerprint density at radius 2 is 2.32 bits per heavy atom. The van der Waals surface area contributed by atoms with Crippen LogP contribution in [0.15, 0.2) is 29.4 Å². The number of fused-ring (bicyclic) bond motifs is 1. The minimum absolute atomic E-state index is 0.00435. The molecule has 102 valence electrons. The molecule has 0 amide bonds. The summed E-state index contributed by atoms with van der Waals surface area (Å²) in [7, 11) is -3.90. The van der Waals surface area contributed by atoms with Crippen LogP contribution in [0.3, 0.4) is 0 Å². The third-order valence-electron chi connectivity index (χ3n) is 2.71. The molecule has 2 rings (SSSR count). The zero-order chi connectivity index (χ0) is 14.0. The Labute approximate surface area is 109 Å². The number of hydrogen-bond acceptors (Lipinski definition) is 4. The fourth-order valence-corrected chi connectivity index (χ4v) is 3.15. The van der Waals surface area contributed by atoms with Crippen LogP contribution < -0.4 is 4.72 Å². The van der Waals surface area contributed by atoms with Gasteiger partial charge < -0.3 is 10.1 Å². The van der Waals surface area contributed by atoms with Crippen LogP contribution in [0.1, 0.15) is 13.3 Å². The van der Waals surface area contributed by atoms with Gasteiger partial charge in [-0.15, -0.1) is 0 Å². The quantitative estimate of drug-likeness (QED) is 0.748. The highest BCUT2D eigenvalue weighted by atomic mass is 32.2. The lowest BCUT2D eigenvalue weighted by Gasteiger charge is -2.11. The molecule has 0 radical (unpaired) electrons. The molecule has 2 heterocycles. The summed E-state index contributed by atoms with van der Waals surface area (Å²) in [5.74, 6) is -1.20. The average molecular weight is 283 g/mol. The van der Waals surface area contributed by atoms with E-state index in [0.29, 0.717) is 11.0 Å². The summed E-state index contributed by atoms with van der Waals surface area (Å²) < 4.78 is 26.5. The molecular formula is C11H13N3O4S. The van der Waals surface area contributed by atoms with E-state index in [1.165, 1.54) is 12.4 Å². The number of H-pyrrole nitrogens is 1. The molecule has 0 aromatic carbocycles. The van der Waals surface area contributed by atoms with Crippen molar-refractivity contribution in [3.63, 3.8) is 0 Å². The summed E-state index contributed by atoms with van der Waals surface area (Å²) in [6.45, 7) is 1.60. The zero-order valence-corrected chi connectivity index (χ0v) is 10.9. The van der Waals surface area contributed by atoms with Crippen LogP contribution >= 0.6 is 0 Å². The van der Waals surface area contributed by atoms with E-state index in [1.807, 2.05) is 0 Å². The van der Waals surface area contributed by atoms with Crippen molar-refractivity contribution in [3.8, 4) is 0 Å². The number of nitrogens with zero attached hydrogens (tertiary/aromatic N) is 1. The maximum Gasteiger partial charge on any atom is 0.321 e. The van der Waals surface area contributed by atoms with E-state index in [1.54, 1.807) is 19.1 Å². The van der Waals surface area contributed by atoms with Gasteiger partial charge in [0, 0.05) is 17.8 Å². The number of carboxylic acid groups (broad SMARTS) is 1. The van der Waals surface area contributed by atoms with Crippen molar-refractivity contribution in [1.82, 2.24) is 14.7 Å². The first-order valence-electron chi connectivity index (χ1n) is 5.63. The molecular weight excluding hydrogens is 270 g/mol. The number of aromatic nitrogens is 2. The fraction of sp³-hybridized carbons (Fsp3) is 0.273. The number of carboxylic acids is 1. The number of pyridine rings is 1. The van der Waals surface area contributed by atoms with Crippen molar-refractivity contribution >= 4 is 27.0 Å². The molecule has 0 spiro atoms. The first kappa shape index (κ1) is 13.5. The minimum Gasteiger partial charge on any atom is -0.480 e. The van der Waals surface area contributed by atoms with E-state index in [-0.39, 0.29) is 11.3 Å². The molecule has 8 heteroatoms. The Bertz CT molecular complexity index is 708. The molecule has 1 atom stereocenters. The third-order valence-corrected chi connectivity index (χ3v) is 4.22. The number of rotatable bonds is 5. The molecule has 0 saturated heterocycles. The van der Waals surface area contributed by atoms with E-state index in [2.05, 4.69) is 14.7 Å². The van der Waals surface area contributed by atoms with Gasteiger partial charge in [-0.05, 0) is 18.6 Å². The Hall–Kier alpha value is -1.93. The normalized spacial score (nSPS) is 13.5. The molecule has 0 saturated carbocycles. The van der Waals surface area contributed by atoms with Crippen LogP contribution in [0.5, 0.6) is 0 Å². The maximum absolute atomic E-state index is 12.2. The SMILES string of the molecule is CC[C@H](NS(=O)(=O)c1c[nH]c2ncccc12)C(=O)O. The molecule has 0 fully saturated rings. The lowest BCUT2D eigenvalue weighted by Crippen LogP contribution is -2.40. The Balaban J connectivity index is 2.42. The van der Waals surface area contributed by atoms with E-state index < -0.39 is 22.0 Å². The third kappa shape index (κ3) is 2.59. The van der Waals surface area contributed by atoms with Crippen LogP contribution in [0.2, 0.25) is 0 Å². The van der Waals surface area contributed by atoms with Gasteiger partial charge in [0.25, 0.3) is 0 Å². The number of hydrogen-bond donors (Lipinski definition) is 3. The molecule has 2 aromatic rings. The second kappa shape index (κ2) is 4.98. The molecule has 19 heavy (non-hydrogen) atoms. The maximum atomic E-state index is 12.2. The van der Waals surface area contributed by atoms with Crippen molar-refractivity contribution < 1.29 is 18.3 Å². The van der Waals surface area contributed by atoms with E-state index >= 15 is 0 Å². The van der Waals surface area contributed by atoms with E-state index in [9.17, 15) is 13.2 Å². The lowest BCUT2D eigenvalue weighted by molar-refractivity contribution is -0.139. The van der Waals surface area contributed by atoms with Gasteiger partial charge in [-0.25, -0.2) is 13.4 Å². The largest absolute Gasteiger partial charge is 0.480 e. The lowest BCUT2D eigenvalue weighted by atomic mass is 10.2. The number of aliphatic carboxylic acids is 1. The topological polar surface area (TPSA) is 112 Å². The Kier molecular flexibility index (Phi) is 3.54. The summed E-state index contributed by atoms with van der Waals surface area (Å²) in [5, 5.41) is 9.33. The Morgan fingerprint density at radius 1 is 1.58 bits per heavy atom. The highest BCUT2D eigenvalue weighted by Gasteiger charge is 2.26. The van der Waals surface area contributed by atoms with E-state index in [4.69, 9.17) is 5.11 Å². The van der Waals surface area contributed by atoms with Crippen molar-refractivity contribution in [2.75, 3.05) is 0 Å². The van der Waals surface area contributed by atoms with Gasteiger partial charge in [0.1, 0.15) is 16.6 Å². The second-order valence-corrected chi connectivity index (χ2v) is 5.66. The first-order valence-corrected chi connectivity index (χ1v) is 7.11. The summed E-state index contributed by atoms with van der Waals surface area (Å²) in [5.41, 5.74) is 0.436. The second-order valence-electron chi connectivity index (χ2n) is 3.97. The van der Waals surface area contributed by atoms with Crippen LogP contribution in [0, 0.1) is 0 Å². The number of nitrogens with one attached hydrogen (secondary N) is 2. The summed E-state index contributed by atoms with van der Waals surface area (Å²) >= 11 is 0. The van der Waals surface area contributed by atoms with Gasteiger partial charge in [-0.3, -0.25) is 4.79 Å². The summed E-state index contributed by atoms with van der Waals surface area (Å²) in [6, 6.07) is 2.07. The molecule has 0 aliphatic carbocycles. The van der Waals surface area contributed by atoms with Crippen molar-refractivity contribution in [1.29, 1.82) is 0 Å². The molecule has 2 aromatic heterocycles. The highest BCUT2D eigenvalue weighted by molar-refractivity contribution is 7.89. The molecule has 0 bridgehead atoms. The molecule has 0 aliphatic heterocycles. The van der Waals surface area contributed by atoms with Gasteiger partial charge in [-0.1, -0.05) is 6.92 Å². The van der Waals surface area contributed by atoms with Gasteiger partial charge >= 0.3 is 5.97 Å².